The summed E-state index contributed by atoms with van der Waals surface area (Å²) in [5.74, 6) is -1.19. The number of methoxy groups -OCH3 is 1. The topological polar surface area (TPSA) is 61.3 Å². The molecule has 1 aromatic heterocycles. The Morgan fingerprint density at radius 2 is 2.04 bits per heavy atom. The van der Waals surface area contributed by atoms with Crippen LogP contribution >= 0.6 is 34.2 Å². The van der Waals surface area contributed by atoms with Gasteiger partial charge in [0.2, 0.25) is 10.9 Å². The summed E-state index contributed by atoms with van der Waals surface area (Å²) >= 11 is 8.34. The summed E-state index contributed by atoms with van der Waals surface area (Å²) in [6, 6.07) is 11.2. The molecule has 1 unspecified atom stereocenters. The molecule has 0 amide bonds. The number of carbonyl (C=O) groups excluding carboxylic acids is 1. The third-order valence-electron chi connectivity index (χ3n) is 4.54. The minimum absolute atomic E-state index is 0.0345. The Hall–Kier alpha value is -1.84. The number of halogens is 3. The molecule has 3 aromatic rings. The lowest BCUT2D eigenvalue weighted by Gasteiger charge is -2.32. The summed E-state index contributed by atoms with van der Waals surface area (Å²) in [5.41, 5.74) is -0.668. The summed E-state index contributed by atoms with van der Waals surface area (Å²) in [6.45, 7) is 0. The first-order chi connectivity index (χ1) is 13.4. The molecule has 8 heteroatoms. The van der Waals surface area contributed by atoms with E-state index in [0.717, 1.165) is 16.4 Å². The van der Waals surface area contributed by atoms with Crippen molar-refractivity contribution in [2.45, 2.75) is 24.5 Å². The van der Waals surface area contributed by atoms with Crippen molar-refractivity contribution in [1.29, 1.82) is 0 Å². The van der Waals surface area contributed by atoms with E-state index in [4.69, 9.17) is 21.1 Å². The van der Waals surface area contributed by atoms with Crippen molar-refractivity contribution in [2.24, 2.45) is 0 Å². The molecule has 0 bridgehead atoms. The molecule has 1 fully saturated rings. The highest BCUT2D eigenvalue weighted by molar-refractivity contribution is 14.1. The van der Waals surface area contributed by atoms with Crippen molar-refractivity contribution in [3.8, 4) is 0 Å². The molecule has 0 aliphatic heterocycles. The van der Waals surface area contributed by atoms with Gasteiger partial charge in [-0.05, 0) is 77.4 Å². The number of ether oxygens (including phenoxy) is 2. The van der Waals surface area contributed by atoms with E-state index in [1.54, 1.807) is 12.1 Å². The first kappa shape index (κ1) is 19.5. The van der Waals surface area contributed by atoms with Crippen LogP contribution in [-0.2, 0) is 19.9 Å². The molecule has 1 aliphatic rings. The minimum atomic E-state index is -1.76. The van der Waals surface area contributed by atoms with Crippen molar-refractivity contribution in [3.05, 3.63) is 68.4 Å². The Balaban J connectivity index is 2.09. The van der Waals surface area contributed by atoms with E-state index < -0.39 is 17.4 Å². The maximum absolute atomic E-state index is 14.1. The molecule has 1 saturated carbocycles. The number of hydrogen-bond acceptors (Lipinski definition) is 5. The summed E-state index contributed by atoms with van der Waals surface area (Å²) in [5, 5.41) is 0.555. The van der Waals surface area contributed by atoms with Gasteiger partial charge in [-0.2, -0.15) is 0 Å². The average molecular weight is 513 g/mol. The summed E-state index contributed by atoms with van der Waals surface area (Å²) in [7, 11) is 1.27. The quantitative estimate of drug-likeness (QED) is 0.284. The number of aromatic nitrogens is 2. The van der Waals surface area contributed by atoms with Gasteiger partial charge >= 0.3 is 5.97 Å². The molecule has 144 valence electrons. The minimum Gasteiger partial charge on any atom is -0.466 e. The maximum atomic E-state index is 14.1. The largest absolute Gasteiger partial charge is 0.466 e. The Bertz CT molecular complexity index is 1080. The van der Waals surface area contributed by atoms with Gasteiger partial charge in [0.1, 0.15) is 11.5 Å². The van der Waals surface area contributed by atoms with Crippen LogP contribution in [0, 0.1) is 9.39 Å². The summed E-state index contributed by atoms with van der Waals surface area (Å²) in [4.78, 5) is 21.8. The van der Waals surface area contributed by atoms with Gasteiger partial charge in [-0.1, -0.05) is 12.1 Å². The Morgan fingerprint density at radius 1 is 1.25 bits per heavy atom. The standard InChI is InChI=1S/C20H15ClFIN2O3/c1-27-18(26)20(28-14-6-7-14,11-3-2-4-12(22)9-11)17-15-10-13(23)5-8-16(15)24-19(21)25-17/h2-5,8-10,14H,6-7H2,1H3. The van der Waals surface area contributed by atoms with Crippen molar-refractivity contribution < 1.29 is 18.7 Å². The molecule has 0 radical (unpaired) electrons. The smallest absolute Gasteiger partial charge is 0.349 e. The number of carbonyl (C=O) groups is 1. The fourth-order valence-corrected chi connectivity index (χ4v) is 3.82. The molecular weight excluding hydrogens is 498 g/mol. The number of benzene rings is 2. The number of rotatable bonds is 5. The fourth-order valence-electron chi connectivity index (χ4n) is 3.15. The average Bonchev–Trinajstić information content (AvgIpc) is 3.49. The van der Waals surface area contributed by atoms with Crippen LogP contribution < -0.4 is 0 Å². The Kier molecular flexibility index (Phi) is 5.24. The van der Waals surface area contributed by atoms with E-state index in [-0.39, 0.29) is 17.1 Å². The van der Waals surface area contributed by atoms with E-state index in [9.17, 15) is 9.18 Å². The Labute approximate surface area is 179 Å². The molecule has 2 aromatic carbocycles. The van der Waals surface area contributed by atoms with Gasteiger partial charge in [0.25, 0.3) is 0 Å². The van der Waals surface area contributed by atoms with Crippen LogP contribution in [0.2, 0.25) is 5.28 Å². The van der Waals surface area contributed by atoms with E-state index in [1.807, 2.05) is 12.1 Å². The van der Waals surface area contributed by atoms with Gasteiger partial charge in [0.15, 0.2) is 0 Å². The van der Waals surface area contributed by atoms with Gasteiger partial charge < -0.3 is 9.47 Å². The van der Waals surface area contributed by atoms with E-state index in [2.05, 4.69) is 32.6 Å². The zero-order valence-corrected chi connectivity index (χ0v) is 17.7. The molecule has 1 heterocycles. The van der Waals surface area contributed by atoms with Crippen LogP contribution in [0.25, 0.3) is 10.9 Å². The van der Waals surface area contributed by atoms with Crippen LogP contribution in [0.5, 0.6) is 0 Å². The third kappa shape index (κ3) is 3.46. The fraction of sp³-hybridized carbons (Fsp3) is 0.250. The van der Waals surface area contributed by atoms with Crippen molar-refractivity contribution in [1.82, 2.24) is 9.97 Å². The zero-order valence-electron chi connectivity index (χ0n) is 14.8. The monoisotopic (exact) mass is 512 g/mol. The zero-order chi connectivity index (χ0) is 19.9. The molecule has 1 atom stereocenters. The highest BCUT2D eigenvalue weighted by atomic mass is 127. The second kappa shape index (κ2) is 7.53. The lowest BCUT2D eigenvalue weighted by Crippen LogP contribution is -2.43. The maximum Gasteiger partial charge on any atom is 0.349 e. The van der Waals surface area contributed by atoms with Crippen LogP contribution in [0.3, 0.4) is 0 Å². The third-order valence-corrected chi connectivity index (χ3v) is 5.38. The number of hydrogen-bond donors (Lipinski definition) is 0. The SMILES string of the molecule is COC(=O)C(OC1CC1)(c1cccc(F)c1)c1nc(Cl)nc2ccc(I)cc12. The summed E-state index contributed by atoms with van der Waals surface area (Å²) in [6.07, 6.45) is 1.43. The first-order valence-electron chi connectivity index (χ1n) is 8.59. The predicted molar refractivity (Wildman–Crippen MR) is 111 cm³/mol. The first-order valence-corrected chi connectivity index (χ1v) is 10.1. The van der Waals surface area contributed by atoms with E-state index >= 15 is 0 Å². The van der Waals surface area contributed by atoms with Crippen LogP contribution in [-0.4, -0.2) is 29.2 Å². The van der Waals surface area contributed by atoms with Crippen LogP contribution in [0.1, 0.15) is 24.1 Å². The van der Waals surface area contributed by atoms with E-state index in [0.29, 0.717) is 16.5 Å². The van der Waals surface area contributed by atoms with Gasteiger partial charge in [0, 0.05) is 14.5 Å². The molecule has 28 heavy (non-hydrogen) atoms. The number of nitrogens with zero attached hydrogens (tertiary/aromatic N) is 2. The highest BCUT2D eigenvalue weighted by Crippen LogP contribution is 2.43. The Morgan fingerprint density at radius 3 is 2.71 bits per heavy atom. The van der Waals surface area contributed by atoms with Gasteiger partial charge in [-0.25, -0.2) is 19.2 Å². The van der Waals surface area contributed by atoms with Gasteiger partial charge in [0.05, 0.1) is 18.7 Å². The summed E-state index contributed by atoms with van der Waals surface area (Å²) < 4.78 is 26.4. The highest BCUT2D eigenvalue weighted by Gasteiger charge is 2.51. The number of esters is 1. The molecule has 0 N–H and O–H groups in total. The molecular formula is C20H15ClFIN2O3. The predicted octanol–water partition coefficient (Wildman–Crippen LogP) is 4.62. The molecule has 1 aliphatic carbocycles. The second-order valence-electron chi connectivity index (χ2n) is 6.50. The second-order valence-corrected chi connectivity index (χ2v) is 8.09. The molecule has 4 rings (SSSR count). The van der Waals surface area contributed by atoms with Gasteiger partial charge in [-0.15, -0.1) is 0 Å². The van der Waals surface area contributed by atoms with Crippen LogP contribution in [0.15, 0.2) is 42.5 Å². The van der Waals surface area contributed by atoms with Crippen molar-refractivity contribution in [2.75, 3.05) is 7.11 Å². The molecule has 0 saturated heterocycles. The van der Waals surface area contributed by atoms with Crippen molar-refractivity contribution >= 4 is 51.1 Å². The lowest BCUT2D eigenvalue weighted by atomic mass is 9.87. The van der Waals surface area contributed by atoms with E-state index in [1.165, 1.54) is 25.3 Å². The normalized spacial score (nSPS) is 16.0. The van der Waals surface area contributed by atoms with Crippen LogP contribution in [0.4, 0.5) is 4.39 Å². The number of fused-ring (bicyclic) bond motifs is 1. The van der Waals surface area contributed by atoms with Gasteiger partial charge in [-0.3, -0.25) is 0 Å². The van der Waals surface area contributed by atoms with Crippen molar-refractivity contribution in [3.63, 3.8) is 0 Å². The molecule has 5 nitrogen and oxygen atoms in total. The lowest BCUT2D eigenvalue weighted by molar-refractivity contribution is -0.167. The molecule has 0 spiro atoms.